The lowest BCUT2D eigenvalue weighted by molar-refractivity contribution is 1.02. The van der Waals surface area contributed by atoms with E-state index in [4.69, 9.17) is 18.0 Å². The molecule has 0 aliphatic heterocycles. The Kier molecular flexibility index (Phi) is 5.14. The van der Waals surface area contributed by atoms with E-state index in [1.165, 1.54) is 0 Å². The number of nitrogens with zero attached hydrogens (tertiary/aromatic N) is 1. The quantitative estimate of drug-likeness (QED) is 0.389. The smallest absolute Gasteiger partial charge is 0.184 e. The average molecular weight is 298 g/mol. The van der Waals surface area contributed by atoms with Crippen LogP contribution in [0.25, 0.3) is 0 Å². The number of allylic oxidation sites excluding steroid dienone is 1. The molecule has 1 aromatic carbocycles. The highest BCUT2D eigenvalue weighted by atomic mass is 79.9. The molecule has 3 N–H and O–H groups in total. The lowest BCUT2D eigenvalue weighted by Gasteiger charge is -2.05. The standard InChI is InChI=1S/C11H12BrN3S/c1-2-4-10(14-15-11(13)16)8-5-3-6-9(12)7-8/h2-3,5-7H,1,4H2,(H3,13,15,16)/b14-10+. The fourth-order valence-electron chi connectivity index (χ4n) is 1.16. The third kappa shape index (κ3) is 4.12. The van der Waals surface area contributed by atoms with Crippen molar-refractivity contribution in [3.63, 3.8) is 0 Å². The van der Waals surface area contributed by atoms with Crippen LogP contribution in [0, 0.1) is 0 Å². The van der Waals surface area contributed by atoms with Gasteiger partial charge in [0.1, 0.15) is 0 Å². The first-order valence-corrected chi connectivity index (χ1v) is 5.82. The van der Waals surface area contributed by atoms with Gasteiger partial charge < -0.3 is 5.73 Å². The number of nitrogens with two attached hydrogens (primary N) is 1. The molecule has 1 aromatic rings. The summed E-state index contributed by atoms with van der Waals surface area (Å²) in [5, 5.41) is 4.28. The Morgan fingerprint density at radius 3 is 2.94 bits per heavy atom. The highest BCUT2D eigenvalue weighted by molar-refractivity contribution is 9.10. The summed E-state index contributed by atoms with van der Waals surface area (Å²) >= 11 is 8.11. The van der Waals surface area contributed by atoms with Crippen LogP contribution in [0.5, 0.6) is 0 Å². The second-order valence-electron chi connectivity index (χ2n) is 3.04. The molecule has 0 bridgehead atoms. The van der Waals surface area contributed by atoms with Crippen molar-refractivity contribution in [1.82, 2.24) is 5.43 Å². The monoisotopic (exact) mass is 297 g/mol. The summed E-state index contributed by atoms with van der Waals surface area (Å²) < 4.78 is 0.997. The maximum absolute atomic E-state index is 5.32. The van der Waals surface area contributed by atoms with E-state index in [2.05, 4.69) is 33.0 Å². The highest BCUT2D eigenvalue weighted by Crippen LogP contribution is 2.13. The second kappa shape index (κ2) is 6.40. The Morgan fingerprint density at radius 1 is 1.62 bits per heavy atom. The van der Waals surface area contributed by atoms with E-state index in [1.807, 2.05) is 24.3 Å². The van der Waals surface area contributed by atoms with E-state index in [0.29, 0.717) is 6.42 Å². The van der Waals surface area contributed by atoms with Crippen molar-refractivity contribution in [2.75, 3.05) is 0 Å². The van der Waals surface area contributed by atoms with Gasteiger partial charge in [0, 0.05) is 10.9 Å². The van der Waals surface area contributed by atoms with E-state index in [-0.39, 0.29) is 5.11 Å². The Balaban J connectivity index is 2.97. The van der Waals surface area contributed by atoms with Gasteiger partial charge in [-0.2, -0.15) is 5.10 Å². The van der Waals surface area contributed by atoms with Gasteiger partial charge in [0.15, 0.2) is 5.11 Å². The molecule has 0 fully saturated rings. The molecule has 0 spiro atoms. The van der Waals surface area contributed by atoms with Gasteiger partial charge in [-0.3, -0.25) is 5.43 Å². The number of thiocarbonyl (C=S) groups is 1. The molecule has 5 heteroatoms. The van der Waals surface area contributed by atoms with Crippen molar-refractivity contribution in [2.45, 2.75) is 6.42 Å². The molecular weight excluding hydrogens is 286 g/mol. The number of benzene rings is 1. The van der Waals surface area contributed by atoms with Crippen molar-refractivity contribution in [2.24, 2.45) is 10.8 Å². The van der Waals surface area contributed by atoms with Gasteiger partial charge in [-0.15, -0.1) is 6.58 Å². The summed E-state index contributed by atoms with van der Waals surface area (Å²) in [6, 6.07) is 7.84. The summed E-state index contributed by atoms with van der Waals surface area (Å²) in [6.07, 6.45) is 2.42. The number of halogens is 1. The molecule has 0 saturated heterocycles. The number of hydrogen-bond acceptors (Lipinski definition) is 2. The molecule has 0 unspecified atom stereocenters. The van der Waals surface area contributed by atoms with Gasteiger partial charge in [0.05, 0.1) is 5.71 Å². The van der Waals surface area contributed by atoms with Gasteiger partial charge in [-0.1, -0.05) is 34.1 Å². The predicted molar refractivity (Wildman–Crippen MR) is 75.4 cm³/mol. The lowest BCUT2D eigenvalue weighted by Crippen LogP contribution is -2.25. The minimum Gasteiger partial charge on any atom is -0.375 e. The largest absolute Gasteiger partial charge is 0.375 e. The lowest BCUT2D eigenvalue weighted by atomic mass is 10.1. The fourth-order valence-corrected chi connectivity index (χ4v) is 1.60. The molecule has 84 valence electrons. The van der Waals surface area contributed by atoms with Crippen molar-refractivity contribution in [1.29, 1.82) is 0 Å². The van der Waals surface area contributed by atoms with Crippen LogP contribution in [0.4, 0.5) is 0 Å². The zero-order chi connectivity index (χ0) is 12.0. The van der Waals surface area contributed by atoms with E-state index in [0.717, 1.165) is 15.7 Å². The van der Waals surface area contributed by atoms with Gasteiger partial charge in [-0.25, -0.2) is 0 Å². The number of nitrogens with one attached hydrogen (secondary N) is 1. The van der Waals surface area contributed by atoms with Gasteiger partial charge in [-0.05, 0) is 29.9 Å². The first-order valence-electron chi connectivity index (χ1n) is 4.62. The normalized spacial score (nSPS) is 10.9. The van der Waals surface area contributed by atoms with Crippen molar-refractivity contribution < 1.29 is 0 Å². The molecule has 0 heterocycles. The summed E-state index contributed by atoms with van der Waals surface area (Å²) in [4.78, 5) is 0. The topological polar surface area (TPSA) is 50.4 Å². The maximum atomic E-state index is 5.32. The van der Waals surface area contributed by atoms with Crippen molar-refractivity contribution >= 4 is 39.0 Å². The Labute approximate surface area is 109 Å². The minimum atomic E-state index is 0.150. The van der Waals surface area contributed by atoms with Crippen LogP contribution in [-0.4, -0.2) is 10.8 Å². The molecule has 0 radical (unpaired) electrons. The number of hydrogen-bond donors (Lipinski definition) is 2. The highest BCUT2D eigenvalue weighted by Gasteiger charge is 2.02. The molecule has 0 saturated carbocycles. The minimum absolute atomic E-state index is 0.150. The third-order valence-electron chi connectivity index (χ3n) is 1.80. The maximum Gasteiger partial charge on any atom is 0.184 e. The summed E-state index contributed by atoms with van der Waals surface area (Å²) in [5.41, 5.74) is 9.74. The molecular formula is C11H12BrN3S. The molecule has 3 nitrogen and oxygen atoms in total. The predicted octanol–water partition coefficient (Wildman–Crippen LogP) is 2.56. The van der Waals surface area contributed by atoms with E-state index < -0.39 is 0 Å². The second-order valence-corrected chi connectivity index (χ2v) is 4.39. The van der Waals surface area contributed by atoms with Crippen LogP contribution in [0.1, 0.15) is 12.0 Å². The number of hydrazone groups is 1. The number of rotatable bonds is 4. The summed E-state index contributed by atoms with van der Waals surface area (Å²) in [6.45, 7) is 3.69. The SMILES string of the molecule is C=CC/C(=N\NC(N)=S)c1cccc(Br)c1. The molecule has 1 rings (SSSR count). The zero-order valence-corrected chi connectivity index (χ0v) is 11.0. The van der Waals surface area contributed by atoms with Crippen LogP contribution in [0.2, 0.25) is 0 Å². The summed E-state index contributed by atoms with van der Waals surface area (Å²) in [7, 11) is 0. The van der Waals surface area contributed by atoms with Gasteiger partial charge >= 0.3 is 0 Å². The Morgan fingerprint density at radius 2 is 2.38 bits per heavy atom. The van der Waals surface area contributed by atoms with E-state index >= 15 is 0 Å². The Hall–Kier alpha value is -1.20. The first kappa shape index (κ1) is 12.9. The average Bonchev–Trinajstić information content (AvgIpc) is 2.24. The fraction of sp³-hybridized carbons (Fsp3) is 0.0909. The van der Waals surface area contributed by atoms with Crippen LogP contribution in [-0.2, 0) is 0 Å². The molecule has 0 atom stereocenters. The van der Waals surface area contributed by atoms with Crippen LogP contribution < -0.4 is 11.2 Å². The molecule has 16 heavy (non-hydrogen) atoms. The third-order valence-corrected chi connectivity index (χ3v) is 2.38. The van der Waals surface area contributed by atoms with Crippen molar-refractivity contribution in [3.8, 4) is 0 Å². The van der Waals surface area contributed by atoms with Crippen molar-refractivity contribution in [3.05, 3.63) is 47.0 Å². The molecule has 0 aromatic heterocycles. The first-order chi connectivity index (χ1) is 7.63. The molecule has 0 aliphatic carbocycles. The van der Waals surface area contributed by atoms with E-state index in [9.17, 15) is 0 Å². The van der Waals surface area contributed by atoms with Gasteiger partial charge in [0.25, 0.3) is 0 Å². The van der Waals surface area contributed by atoms with E-state index in [1.54, 1.807) is 6.08 Å². The van der Waals surface area contributed by atoms with Crippen LogP contribution >= 0.6 is 28.1 Å². The summed E-state index contributed by atoms with van der Waals surface area (Å²) in [5.74, 6) is 0. The van der Waals surface area contributed by atoms with Crippen LogP contribution in [0.15, 0.2) is 46.5 Å². The zero-order valence-electron chi connectivity index (χ0n) is 8.61. The Bertz CT molecular complexity index is 429. The molecule has 0 amide bonds. The van der Waals surface area contributed by atoms with Crippen LogP contribution in [0.3, 0.4) is 0 Å². The molecule has 0 aliphatic rings. The van der Waals surface area contributed by atoms with Gasteiger partial charge in [0.2, 0.25) is 0 Å².